The molecule has 13 heavy (non-hydrogen) atoms. The molecule has 0 aromatic rings. The molecule has 0 bridgehead atoms. The average molecular weight is 181 g/mol. The molecule has 0 aromatic carbocycles. The Morgan fingerprint density at radius 1 is 1.46 bits per heavy atom. The molecule has 74 valence electrons. The Labute approximate surface area is 80.6 Å². The van der Waals surface area contributed by atoms with Crippen molar-refractivity contribution in [2.24, 2.45) is 5.92 Å². The van der Waals surface area contributed by atoms with Crippen LogP contribution in [-0.2, 0) is 4.74 Å². The van der Waals surface area contributed by atoms with Gasteiger partial charge in [-0.05, 0) is 25.2 Å². The van der Waals surface area contributed by atoms with Crippen molar-refractivity contribution in [3.8, 4) is 0 Å². The summed E-state index contributed by atoms with van der Waals surface area (Å²) in [5, 5.41) is 0. The first-order valence-electron chi connectivity index (χ1n) is 5.35. The molecule has 0 saturated carbocycles. The third-order valence-electron chi connectivity index (χ3n) is 3.19. The summed E-state index contributed by atoms with van der Waals surface area (Å²) in [7, 11) is 0. The minimum atomic E-state index is 0.565. The van der Waals surface area contributed by atoms with Crippen molar-refractivity contribution < 1.29 is 4.74 Å². The third kappa shape index (κ3) is 2.12. The molecule has 0 aliphatic carbocycles. The van der Waals surface area contributed by atoms with Crippen LogP contribution in [0.1, 0.15) is 19.3 Å². The van der Waals surface area contributed by atoms with E-state index in [1.165, 1.54) is 32.4 Å². The lowest BCUT2D eigenvalue weighted by Gasteiger charge is -2.40. The molecule has 2 saturated heterocycles. The Bertz CT molecular complexity index is 181. The lowest BCUT2D eigenvalue weighted by atomic mass is 9.88. The summed E-state index contributed by atoms with van der Waals surface area (Å²) in [6, 6.07) is 0. The van der Waals surface area contributed by atoms with Gasteiger partial charge in [0.15, 0.2) is 0 Å². The molecule has 0 amide bonds. The molecule has 0 aromatic heterocycles. The van der Waals surface area contributed by atoms with Gasteiger partial charge in [0, 0.05) is 26.2 Å². The van der Waals surface area contributed by atoms with E-state index in [1.54, 1.807) is 0 Å². The Hall–Kier alpha value is -0.340. The van der Waals surface area contributed by atoms with E-state index < -0.39 is 0 Å². The van der Waals surface area contributed by atoms with E-state index >= 15 is 0 Å². The van der Waals surface area contributed by atoms with Crippen molar-refractivity contribution in [1.29, 1.82) is 0 Å². The lowest BCUT2D eigenvalue weighted by Crippen LogP contribution is -2.46. The number of hydrogen-bond donors (Lipinski definition) is 0. The molecule has 2 fully saturated rings. The molecule has 2 aliphatic heterocycles. The second-order valence-electron chi connectivity index (χ2n) is 4.15. The molecule has 0 spiro atoms. The van der Waals surface area contributed by atoms with Gasteiger partial charge in [-0.3, -0.25) is 4.90 Å². The number of hydrogen-bond acceptors (Lipinski definition) is 2. The highest BCUT2D eigenvalue weighted by Crippen LogP contribution is 2.27. The van der Waals surface area contributed by atoms with Crippen molar-refractivity contribution in [3.63, 3.8) is 0 Å². The van der Waals surface area contributed by atoms with Gasteiger partial charge in [-0.25, -0.2) is 0 Å². The number of nitrogens with zero attached hydrogens (tertiary/aromatic N) is 1. The zero-order chi connectivity index (χ0) is 9.10. The Morgan fingerprint density at radius 2 is 2.38 bits per heavy atom. The number of ether oxygens (including phenoxy) is 1. The van der Waals surface area contributed by atoms with Gasteiger partial charge in [0.2, 0.25) is 0 Å². The molecule has 2 atom stereocenters. The quantitative estimate of drug-likeness (QED) is 0.601. The van der Waals surface area contributed by atoms with Crippen LogP contribution >= 0.6 is 0 Å². The molecule has 2 rings (SSSR count). The van der Waals surface area contributed by atoms with Gasteiger partial charge in [0.25, 0.3) is 0 Å². The first kappa shape index (κ1) is 9.22. The van der Waals surface area contributed by atoms with Crippen LogP contribution in [-0.4, -0.2) is 37.2 Å². The first-order valence-corrected chi connectivity index (χ1v) is 5.35. The number of likely N-dealkylation sites (tertiary alicyclic amines) is 1. The fourth-order valence-corrected chi connectivity index (χ4v) is 2.51. The van der Waals surface area contributed by atoms with E-state index in [0.717, 1.165) is 19.1 Å². The van der Waals surface area contributed by atoms with Crippen molar-refractivity contribution >= 4 is 0 Å². The van der Waals surface area contributed by atoms with E-state index in [0.29, 0.717) is 6.10 Å². The maximum atomic E-state index is 5.76. The molecule has 2 nitrogen and oxygen atoms in total. The van der Waals surface area contributed by atoms with Crippen LogP contribution in [0.25, 0.3) is 0 Å². The second-order valence-corrected chi connectivity index (χ2v) is 4.15. The maximum absolute atomic E-state index is 5.76. The summed E-state index contributed by atoms with van der Waals surface area (Å²) in [4.78, 5) is 2.49. The van der Waals surface area contributed by atoms with Crippen LogP contribution in [0.4, 0.5) is 0 Å². The van der Waals surface area contributed by atoms with Gasteiger partial charge < -0.3 is 4.74 Å². The minimum absolute atomic E-state index is 0.565. The van der Waals surface area contributed by atoms with Crippen molar-refractivity contribution in [3.05, 3.63) is 12.7 Å². The summed E-state index contributed by atoms with van der Waals surface area (Å²) < 4.78 is 5.76. The molecule has 2 heteroatoms. The monoisotopic (exact) mass is 181 g/mol. The van der Waals surface area contributed by atoms with Gasteiger partial charge in [-0.2, -0.15) is 0 Å². The van der Waals surface area contributed by atoms with Gasteiger partial charge in [0.1, 0.15) is 0 Å². The summed E-state index contributed by atoms with van der Waals surface area (Å²) in [6.07, 6.45) is 6.40. The van der Waals surface area contributed by atoms with E-state index in [1.807, 2.05) is 6.08 Å². The van der Waals surface area contributed by atoms with E-state index in [-0.39, 0.29) is 0 Å². The molecule has 2 unspecified atom stereocenters. The van der Waals surface area contributed by atoms with Crippen LogP contribution in [0.2, 0.25) is 0 Å². The fourth-order valence-electron chi connectivity index (χ4n) is 2.51. The van der Waals surface area contributed by atoms with E-state index in [4.69, 9.17) is 4.74 Å². The summed E-state index contributed by atoms with van der Waals surface area (Å²) >= 11 is 0. The third-order valence-corrected chi connectivity index (χ3v) is 3.19. The zero-order valence-electron chi connectivity index (χ0n) is 8.24. The molecular formula is C11H19NO. The normalized spacial score (nSPS) is 35.4. The summed E-state index contributed by atoms with van der Waals surface area (Å²) in [5.41, 5.74) is 0. The topological polar surface area (TPSA) is 12.5 Å². The standard InChI is InChI=1S/C11H19NO/c1-2-6-12-7-5-11-10(9-12)4-3-8-13-11/h2,10-11H,1,3-9H2. The van der Waals surface area contributed by atoms with Crippen molar-refractivity contribution in [2.75, 3.05) is 26.2 Å². The second kappa shape index (κ2) is 4.25. The number of fused-ring (bicyclic) bond motifs is 1. The predicted octanol–water partition coefficient (Wildman–Crippen LogP) is 1.67. The van der Waals surface area contributed by atoms with Crippen LogP contribution < -0.4 is 0 Å². The Morgan fingerprint density at radius 3 is 3.23 bits per heavy atom. The highest BCUT2D eigenvalue weighted by molar-refractivity contribution is 4.86. The molecule has 0 N–H and O–H groups in total. The van der Waals surface area contributed by atoms with E-state index in [2.05, 4.69) is 11.5 Å². The number of piperidine rings is 1. The molecule has 2 heterocycles. The zero-order valence-corrected chi connectivity index (χ0v) is 8.24. The molecular weight excluding hydrogens is 162 g/mol. The predicted molar refractivity (Wildman–Crippen MR) is 53.7 cm³/mol. The van der Waals surface area contributed by atoms with Crippen LogP contribution in [0.3, 0.4) is 0 Å². The lowest BCUT2D eigenvalue weighted by molar-refractivity contribution is -0.0642. The number of rotatable bonds is 2. The van der Waals surface area contributed by atoms with Gasteiger partial charge in [0.05, 0.1) is 6.10 Å². The van der Waals surface area contributed by atoms with Gasteiger partial charge in [-0.1, -0.05) is 6.08 Å². The van der Waals surface area contributed by atoms with Gasteiger partial charge >= 0.3 is 0 Å². The van der Waals surface area contributed by atoms with Crippen LogP contribution in [0.15, 0.2) is 12.7 Å². The molecule has 2 aliphatic rings. The summed E-state index contributed by atoms with van der Waals surface area (Å²) in [5.74, 6) is 0.794. The minimum Gasteiger partial charge on any atom is -0.378 e. The fraction of sp³-hybridized carbons (Fsp3) is 0.818. The van der Waals surface area contributed by atoms with Gasteiger partial charge in [-0.15, -0.1) is 6.58 Å². The maximum Gasteiger partial charge on any atom is 0.0627 e. The highest BCUT2D eigenvalue weighted by Gasteiger charge is 2.31. The summed E-state index contributed by atoms with van der Waals surface area (Å²) in [6.45, 7) is 8.23. The Kier molecular flexibility index (Phi) is 3.01. The SMILES string of the molecule is C=CCN1CCC2OCCCC2C1. The largest absolute Gasteiger partial charge is 0.378 e. The average Bonchev–Trinajstić information content (AvgIpc) is 2.18. The Balaban J connectivity index is 1.87. The molecule has 0 radical (unpaired) electrons. The smallest absolute Gasteiger partial charge is 0.0627 e. The van der Waals surface area contributed by atoms with E-state index in [9.17, 15) is 0 Å². The van der Waals surface area contributed by atoms with Crippen molar-refractivity contribution in [1.82, 2.24) is 4.90 Å². The van der Waals surface area contributed by atoms with Crippen LogP contribution in [0, 0.1) is 5.92 Å². The highest BCUT2D eigenvalue weighted by atomic mass is 16.5. The first-order chi connectivity index (χ1) is 6.40. The van der Waals surface area contributed by atoms with Crippen molar-refractivity contribution in [2.45, 2.75) is 25.4 Å². The van der Waals surface area contributed by atoms with Crippen LogP contribution in [0.5, 0.6) is 0 Å².